The van der Waals surface area contributed by atoms with Crippen LogP contribution >= 0.6 is 0 Å². The standard InChI is InChI=1S/C15H31N3O/c1-5-18(10-14-7-6-8-16-9-14)11-15(19)17-13(4)12(2)3/h12-14,16H,5-11H2,1-4H3,(H,17,19). The van der Waals surface area contributed by atoms with Gasteiger partial charge in [0.25, 0.3) is 0 Å². The fraction of sp³-hybridized carbons (Fsp3) is 0.933. The van der Waals surface area contributed by atoms with Crippen LogP contribution in [0.5, 0.6) is 0 Å². The van der Waals surface area contributed by atoms with Gasteiger partial charge >= 0.3 is 0 Å². The van der Waals surface area contributed by atoms with Crippen LogP contribution in [-0.4, -0.2) is 49.6 Å². The summed E-state index contributed by atoms with van der Waals surface area (Å²) in [5.74, 6) is 1.34. The molecule has 0 bridgehead atoms. The molecule has 1 aliphatic heterocycles. The summed E-state index contributed by atoms with van der Waals surface area (Å²) >= 11 is 0. The maximum Gasteiger partial charge on any atom is 0.234 e. The normalized spacial score (nSPS) is 21.7. The number of hydrogen-bond acceptors (Lipinski definition) is 3. The summed E-state index contributed by atoms with van der Waals surface area (Å²) in [6.45, 7) is 13.2. The highest BCUT2D eigenvalue weighted by molar-refractivity contribution is 5.78. The van der Waals surface area contributed by atoms with Crippen molar-refractivity contribution >= 4 is 5.91 Å². The van der Waals surface area contributed by atoms with Gasteiger partial charge in [-0.05, 0) is 51.2 Å². The van der Waals surface area contributed by atoms with E-state index in [4.69, 9.17) is 0 Å². The van der Waals surface area contributed by atoms with Gasteiger partial charge in [-0.25, -0.2) is 0 Å². The molecule has 0 aromatic rings. The molecule has 1 rings (SSSR count). The van der Waals surface area contributed by atoms with Gasteiger partial charge < -0.3 is 10.6 Å². The van der Waals surface area contributed by atoms with Crippen molar-refractivity contribution in [2.24, 2.45) is 11.8 Å². The Morgan fingerprint density at radius 3 is 2.68 bits per heavy atom. The van der Waals surface area contributed by atoms with Crippen LogP contribution in [0.3, 0.4) is 0 Å². The van der Waals surface area contributed by atoms with Crippen molar-refractivity contribution < 1.29 is 4.79 Å². The molecule has 1 aliphatic rings. The van der Waals surface area contributed by atoms with Gasteiger partial charge in [0.2, 0.25) is 5.91 Å². The second-order valence-electron chi connectivity index (χ2n) is 6.14. The van der Waals surface area contributed by atoms with E-state index in [0.717, 1.165) is 26.2 Å². The third-order valence-electron chi connectivity index (χ3n) is 4.12. The zero-order valence-corrected chi connectivity index (χ0v) is 13.0. The molecule has 2 unspecified atom stereocenters. The molecular weight excluding hydrogens is 238 g/mol. The summed E-state index contributed by atoms with van der Waals surface area (Å²) in [5, 5.41) is 6.52. The summed E-state index contributed by atoms with van der Waals surface area (Å²) in [6.07, 6.45) is 2.55. The first-order chi connectivity index (χ1) is 9.02. The summed E-state index contributed by atoms with van der Waals surface area (Å²) in [5.41, 5.74) is 0. The third kappa shape index (κ3) is 6.39. The molecule has 2 N–H and O–H groups in total. The Bertz CT molecular complexity index is 262. The topological polar surface area (TPSA) is 44.4 Å². The van der Waals surface area contributed by atoms with Gasteiger partial charge in [0.1, 0.15) is 0 Å². The van der Waals surface area contributed by atoms with E-state index in [1.165, 1.54) is 12.8 Å². The minimum Gasteiger partial charge on any atom is -0.352 e. The van der Waals surface area contributed by atoms with E-state index in [-0.39, 0.29) is 11.9 Å². The van der Waals surface area contributed by atoms with Gasteiger partial charge in [0.05, 0.1) is 6.54 Å². The lowest BCUT2D eigenvalue weighted by atomic mass is 9.99. The van der Waals surface area contributed by atoms with Crippen molar-refractivity contribution in [1.82, 2.24) is 15.5 Å². The molecule has 1 amide bonds. The number of carbonyl (C=O) groups excluding carboxylic acids is 1. The highest BCUT2D eigenvalue weighted by Gasteiger charge is 2.18. The quantitative estimate of drug-likeness (QED) is 0.735. The highest BCUT2D eigenvalue weighted by Crippen LogP contribution is 2.11. The van der Waals surface area contributed by atoms with Crippen molar-refractivity contribution in [1.29, 1.82) is 0 Å². The van der Waals surface area contributed by atoms with Crippen LogP contribution < -0.4 is 10.6 Å². The molecule has 0 radical (unpaired) electrons. The van der Waals surface area contributed by atoms with Crippen molar-refractivity contribution in [3.8, 4) is 0 Å². The zero-order chi connectivity index (χ0) is 14.3. The summed E-state index contributed by atoms with van der Waals surface area (Å²) in [7, 11) is 0. The van der Waals surface area contributed by atoms with Gasteiger partial charge in [-0.15, -0.1) is 0 Å². The van der Waals surface area contributed by atoms with Crippen LogP contribution in [0.2, 0.25) is 0 Å². The lowest BCUT2D eigenvalue weighted by Crippen LogP contribution is -2.45. The van der Waals surface area contributed by atoms with E-state index < -0.39 is 0 Å². The maximum atomic E-state index is 12.0. The summed E-state index contributed by atoms with van der Waals surface area (Å²) in [4.78, 5) is 14.3. The van der Waals surface area contributed by atoms with Gasteiger partial charge in [-0.3, -0.25) is 9.69 Å². The molecule has 0 aliphatic carbocycles. The molecule has 1 fully saturated rings. The number of amides is 1. The van der Waals surface area contributed by atoms with Crippen LogP contribution in [0.15, 0.2) is 0 Å². The lowest BCUT2D eigenvalue weighted by molar-refractivity contribution is -0.123. The van der Waals surface area contributed by atoms with Crippen molar-refractivity contribution in [2.45, 2.75) is 46.6 Å². The smallest absolute Gasteiger partial charge is 0.234 e. The number of rotatable bonds is 7. The van der Waals surface area contributed by atoms with E-state index in [1.54, 1.807) is 0 Å². The average molecular weight is 269 g/mol. The zero-order valence-electron chi connectivity index (χ0n) is 13.0. The SMILES string of the molecule is CCN(CC(=O)NC(C)C(C)C)CC1CCCNC1. The predicted octanol–water partition coefficient (Wildman–Crippen LogP) is 1.47. The number of hydrogen-bond donors (Lipinski definition) is 2. The predicted molar refractivity (Wildman–Crippen MR) is 80.2 cm³/mol. The molecule has 2 atom stereocenters. The number of carbonyl (C=O) groups is 1. The second-order valence-corrected chi connectivity index (χ2v) is 6.14. The first-order valence-corrected chi connectivity index (χ1v) is 7.75. The van der Waals surface area contributed by atoms with Gasteiger partial charge in [0, 0.05) is 12.6 Å². The van der Waals surface area contributed by atoms with E-state index >= 15 is 0 Å². The van der Waals surface area contributed by atoms with Gasteiger partial charge in [-0.1, -0.05) is 20.8 Å². The molecule has 0 aromatic heterocycles. The van der Waals surface area contributed by atoms with E-state index in [1.807, 2.05) is 0 Å². The lowest BCUT2D eigenvalue weighted by Gasteiger charge is -2.29. The third-order valence-corrected chi connectivity index (χ3v) is 4.12. The molecule has 0 aromatic carbocycles. The van der Waals surface area contributed by atoms with E-state index in [2.05, 4.69) is 43.2 Å². The van der Waals surface area contributed by atoms with Crippen LogP contribution in [0.1, 0.15) is 40.5 Å². The Balaban J connectivity index is 2.32. The Labute approximate surface area is 118 Å². The molecule has 19 heavy (non-hydrogen) atoms. The molecule has 4 nitrogen and oxygen atoms in total. The number of nitrogens with one attached hydrogen (secondary N) is 2. The average Bonchev–Trinajstić information content (AvgIpc) is 2.38. The molecule has 0 saturated carbocycles. The van der Waals surface area contributed by atoms with Crippen LogP contribution in [0.25, 0.3) is 0 Å². The number of likely N-dealkylation sites (N-methyl/N-ethyl adjacent to an activating group) is 1. The van der Waals surface area contributed by atoms with Crippen LogP contribution in [0.4, 0.5) is 0 Å². The van der Waals surface area contributed by atoms with Gasteiger partial charge in [0.15, 0.2) is 0 Å². The Morgan fingerprint density at radius 1 is 1.42 bits per heavy atom. The highest BCUT2D eigenvalue weighted by atomic mass is 16.2. The Hall–Kier alpha value is -0.610. The largest absolute Gasteiger partial charge is 0.352 e. The minimum absolute atomic E-state index is 0.159. The molecule has 4 heteroatoms. The minimum atomic E-state index is 0.159. The number of nitrogens with zero attached hydrogens (tertiary/aromatic N) is 1. The van der Waals surface area contributed by atoms with E-state index in [9.17, 15) is 4.79 Å². The van der Waals surface area contributed by atoms with Gasteiger partial charge in [-0.2, -0.15) is 0 Å². The van der Waals surface area contributed by atoms with Crippen molar-refractivity contribution in [3.05, 3.63) is 0 Å². The van der Waals surface area contributed by atoms with Crippen molar-refractivity contribution in [3.63, 3.8) is 0 Å². The monoisotopic (exact) mass is 269 g/mol. The molecule has 1 heterocycles. The maximum absolute atomic E-state index is 12.0. The fourth-order valence-corrected chi connectivity index (χ4v) is 2.42. The molecule has 112 valence electrons. The summed E-state index contributed by atoms with van der Waals surface area (Å²) in [6, 6.07) is 0.252. The summed E-state index contributed by atoms with van der Waals surface area (Å²) < 4.78 is 0. The Kier molecular flexibility index (Phi) is 7.39. The molecule has 0 spiro atoms. The first-order valence-electron chi connectivity index (χ1n) is 7.75. The van der Waals surface area contributed by atoms with Crippen LogP contribution in [0, 0.1) is 11.8 Å². The van der Waals surface area contributed by atoms with Crippen molar-refractivity contribution in [2.75, 3.05) is 32.7 Å². The molecular formula is C15H31N3O. The fourth-order valence-electron chi connectivity index (χ4n) is 2.42. The Morgan fingerprint density at radius 2 is 2.16 bits per heavy atom. The first kappa shape index (κ1) is 16.4. The number of piperidine rings is 1. The molecule has 1 saturated heterocycles. The second kappa shape index (κ2) is 8.54. The van der Waals surface area contributed by atoms with Crippen LogP contribution in [-0.2, 0) is 4.79 Å². The van der Waals surface area contributed by atoms with E-state index in [0.29, 0.717) is 18.4 Å².